The monoisotopic (exact) mass is 456 g/mol. The summed E-state index contributed by atoms with van der Waals surface area (Å²) in [6.45, 7) is 6.25. The summed E-state index contributed by atoms with van der Waals surface area (Å²) in [5.41, 5.74) is 6.06. The highest BCUT2D eigenvalue weighted by Crippen LogP contribution is 2.37. The number of anilines is 1. The topological polar surface area (TPSA) is 88.9 Å². The maximum atomic E-state index is 13.6. The van der Waals surface area contributed by atoms with E-state index in [9.17, 15) is 4.79 Å². The van der Waals surface area contributed by atoms with Crippen LogP contribution in [0.15, 0.2) is 47.3 Å². The van der Waals surface area contributed by atoms with Gasteiger partial charge in [0.2, 0.25) is 0 Å². The number of nitrogens with one attached hydrogen (secondary N) is 1. The van der Waals surface area contributed by atoms with Crippen molar-refractivity contribution in [2.45, 2.75) is 51.8 Å². The third-order valence-electron chi connectivity index (χ3n) is 7.31. The molecule has 0 amide bonds. The van der Waals surface area contributed by atoms with E-state index in [1.54, 1.807) is 0 Å². The van der Waals surface area contributed by atoms with Crippen LogP contribution in [0.1, 0.15) is 47.0 Å². The first-order valence-corrected chi connectivity index (χ1v) is 12.0. The van der Waals surface area contributed by atoms with Crippen molar-refractivity contribution < 1.29 is 4.74 Å². The minimum atomic E-state index is -0.408. The van der Waals surface area contributed by atoms with Crippen molar-refractivity contribution >= 4 is 16.6 Å². The zero-order valence-corrected chi connectivity index (χ0v) is 19.5. The minimum absolute atomic E-state index is 0.0919. The van der Waals surface area contributed by atoms with Crippen LogP contribution in [-0.4, -0.2) is 44.4 Å². The van der Waals surface area contributed by atoms with Crippen LogP contribution in [0.5, 0.6) is 0 Å². The molecule has 1 fully saturated rings. The molecule has 6 rings (SSSR count). The Bertz CT molecular complexity index is 1420. The number of hydrogen-bond acceptors (Lipinski definition) is 6. The van der Waals surface area contributed by atoms with Crippen LogP contribution in [0, 0.1) is 13.8 Å². The second-order valence-corrected chi connectivity index (χ2v) is 9.35. The van der Waals surface area contributed by atoms with Crippen molar-refractivity contribution in [3.8, 4) is 0 Å². The van der Waals surface area contributed by atoms with Crippen molar-refractivity contribution in [3.63, 3.8) is 0 Å². The first-order valence-electron chi connectivity index (χ1n) is 12.0. The third-order valence-corrected chi connectivity index (χ3v) is 7.31. The van der Waals surface area contributed by atoms with Crippen molar-refractivity contribution in [3.05, 3.63) is 80.9 Å². The average Bonchev–Trinajstić information content (AvgIpc) is 3.61. The number of pyridine rings is 1. The largest absolute Gasteiger partial charge is 0.376 e. The van der Waals surface area contributed by atoms with E-state index >= 15 is 0 Å². The molecule has 174 valence electrons. The van der Waals surface area contributed by atoms with Gasteiger partial charge in [-0.05, 0) is 77.7 Å². The van der Waals surface area contributed by atoms with Gasteiger partial charge < -0.3 is 14.6 Å². The van der Waals surface area contributed by atoms with Gasteiger partial charge in [-0.15, -0.1) is 5.10 Å². The molecule has 8 heteroatoms. The maximum Gasteiger partial charge on any atom is 0.254 e. The molecule has 0 unspecified atom stereocenters. The first kappa shape index (κ1) is 21.0. The number of H-pyrrole nitrogens is 1. The van der Waals surface area contributed by atoms with E-state index in [0.717, 1.165) is 60.1 Å². The van der Waals surface area contributed by atoms with Gasteiger partial charge in [0, 0.05) is 24.4 Å². The SMILES string of the molecule is Cc1ccc2cc([C@@H](c3nnnn3C[C@H]3CCCO3)N3CCc4ccccc43)c(=O)[nH]c2c1C. The molecule has 1 saturated heterocycles. The van der Waals surface area contributed by atoms with Gasteiger partial charge in [0.25, 0.3) is 5.56 Å². The molecule has 8 nitrogen and oxygen atoms in total. The molecule has 1 N–H and O–H groups in total. The van der Waals surface area contributed by atoms with E-state index in [2.05, 4.69) is 62.7 Å². The normalized spacial score (nSPS) is 18.5. The summed E-state index contributed by atoms with van der Waals surface area (Å²) in [7, 11) is 0. The summed E-state index contributed by atoms with van der Waals surface area (Å²) in [6, 6.07) is 14.1. The average molecular weight is 457 g/mol. The number of fused-ring (bicyclic) bond motifs is 2. The number of benzene rings is 2. The Morgan fingerprint density at radius 1 is 1.21 bits per heavy atom. The van der Waals surface area contributed by atoms with E-state index in [1.807, 2.05) is 23.7 Å². The van der Waals surface area contributed by atoms with Gasteiger partial charge in [-0.2, -0.15) is 0 Å². The van der Waals surface area contributed by atoms with Gasteiger partial charge in [-0.1, -0.05) is 30.3 Å². The van der Waals surface area contributed by atoms with Crippen LogP contribution < -0.4 is 10.5 Å². The lowest BCUT2D eigenvalue weighted by molar-refractivity contribution is 0.0924. The second kappa shape index (κ2) is 8.36. The van der Waals surface area contributed by atoms with Crippen LogP contribution in [-0.2, 0) is 17.7 Å². The van der Waals surface area contributed by atoms with E-state index in [-0.39, 0.29) is 11.7 Å². The number of rotatable bonds is 5. The molecule has 0 radical (unpaired) electrons. The predicted molar refractivity (Wildman–Crippen MR) is 130 cm³/mol. The Balaban J connectivity index is 1.52. The fourth-order valence-electron chi connectivity index (χ4n) is 5.34. The number of nitrogens with zero attached hydrogens (tertiary/aromatic N) is 5. The highest BCUT2D eigenvalue weighted by Gasteiger charge is 2.35. The molecule has 0 bridgehead atoms. The van der Waals surface area contributed by atoms with Crippen LogP contribution in [0.2, 0.25) is 0 Å². The molecule has 2 aromatic carbocycles. The van der Waals surface area contributed by atoms with Crippen LogP contribution in [0.25, 0.3) is 10.9 Å². The van der Waals surface area contributed by atoms with Crippen LogP contribution in [0.3, 0.4) is 0 Å². The summed E-state index contributed by atoms with van der Waals surface area (Å²) in [6.07, 6.45) is 3.05. The molecule has 34 heavy (non-hydrogen) atoms. The molecule has 4 aromatic rings. The van der Waals surface area contributed by atoms with Gasteiger partial charge in [-0.25, -0.2) is 4.68 Å². The first-order chi connectivity index (χ1) is 16.6. The number of tetrazole rings is 1. The Hall–Kier alpha value is -3.52. The molecule has 0 saturated carbocycles. The summed E-state index contributed by atoms with van der Waals surface area (Å²) in [5, 5.41) is 13.8. The number of aromatic nitrogens is 5. The predicted octanol–water partition coefficient (Wildman–Crippen LogP) is 3.46. The van der Waals surface area contributed by atoms with Crippen LogP contribution in [0.4, 0.5) is 5.69 Å². The van der Waals surface area contributed by atoms with Gasteiger partial charge in [-0.3, -0.25) is 4.79 Å². The Labute approximate surface area is 197 Å². The number of aromatic amines is 1. The van der Waals surface area contributed by atoms with E-state index in [1.165, 1.54) is 5.56 Å². The Kier molecular flexibility index (Phi) is 5.17. The number of ether oxygens (including phenoxy) is 1. The molecule has 2 atom stereocenters. The van der Waals surface area contributed by atoms with Gasteiger partial charge in [0.05, 0.1) is 18.2 Å². The summed E-state index contributed by atoms with van der Waals surface area (Å²) >= 11 is 0. The fraction of sp³-hybridized carbons (Fsp3) is 0.385. The fourth-order valence-corrected chi connectivity index (χ4v) is 5.34. The number of para-hydroxylation sites is 1. The van der Waals surface area contributed by atoms with E-state index in [0.29, 0.717) is 17.9 Å². The van der Waals surface area contributed by atoms with E-state index in [4.69, 9.17) is 4.74 Å². The summed E-state index contributed by atoms with van der Waals surface area (Å²) in [5.74, 6) is 0.667. The maximum absolute atomic E-state index is 13.6. The van der Waals surface area contributed by atoms with Crippen molar-refractivity contribution in [2.24, 2.45) is 0 Å². The second-order valence-electron chi connectivity index (χ2n) is 9.35. The highest BCUT2D eigenvalue weighted by atomic mass is 16.5. The molecular weight excluding hydrogens is 428 g/mol. The lowest BCUT2D eigenvalue weighted by Gasteiger charge is -2.30. The van der Waals surface area contributed by atoms with Gasteiger partial charge in [0.15, 0.2) is 5.82 Å². The lowest BCUT2D eigenvalue weighted by Crippen LogP contribution is -2.35. The molecule has 2 aliphatic heterocycles. The standard InChI is InChI=1S/C26H28N6O2/c1-16-9-10-19-14-21(26(33)27-23(19)17(16)2)24(31-12-11-18-6-3-4-8-22(18)31)25-28-29-30-32(25)15-20-7-5-13-34-20/h3-4,6,8-10,14,20,24H,5,7,11-13,15H2,1-2H3,(H,27,33)/t20-,24+/m1/s1. The number of aryl methyl sites for hydroxylation is 2. The highest BCUT2D eigenvalue weighted by molar-refractivity contribution is 5.83. The molecule has 4 heterocycles. The quantitative estimate of drug-likeness (QED) is 0.495. The molecule has 2 aliphatic rings. The van der Waals surface area contributed by atoms with E-state index < -0.39 is 6.04 Å². The van der Waals surface area contributed by atoms with Gasteiger partial charge >= 0.3 is 0 Å². The smallest absolute Gasteiger partial charge is 0.254 e. The molecule has 0 spiro atoms. The summed E-state index contributed by atoms with van der Waals surface area (Å²) < 4.78 is 7.68. The summed E-state index contributed by atoms with van der Waals surface area (Å²) in [4.78, 5) is 19.0. The molecule has 0 aliphatic carbocycles. The lowest BCUT2D eigenvalue weighted by atomic mass is 10.00. The van der Waals surface area contributed by atoms with Crippen molar-refractivity contribution in [1.29, 1.82) is 0 Å². The minimum Gasteiger partial charge on any atom is -0.376 e. The molecular formula is C26H28N6O2. The Morgan fingerprint density at radius 2 is 2.09 bits per heavy atom. The zero-order valence-electron chi connectivity index (χ0n) is 19.5. The number of hydrogen-bond donors (Lipinski definition) is 1. The van der Waals surface area contributed by atoms with Crippen LogP contribution >= 0.6 is 0 Å². The molecule has 2 aromatic heterocycles. The zero-order chi connectivity index (χ0) is 23.2. The van der Waals surface area contributed by atoms with Gasteiger partial charge in [0.1, 0.15) is 6.04 Å². The Morgan fingerprint density at radius 3 is 2.94 bits per heavy atom. The van der Waals surface area contributed by atoms with Crippen molar-refractivity contribution in [2.75, 3.05) is 18.1 Å². The third kappa shape index (κ3) is 3.49. The van der Waals surface area contributed by atoms with Crippen molar-refractivity contribution in [1.82, 2.24) is 25.2 Å².